The van der Waals surface area contributed by atoms with Crippen molar-refractivity contribution in [1.29, 1.82) is 0 Å². The zero-order valence-corrected chi connectivity index (χ0v) is 32.5. The van der Waals surface area contributed by atoms with Crippen molar-refractivity contribution in [1.82, 2.24) is 29.9 Å². The number of hydrogen-bond acceptors (Lipinski definition) is 11. The minimum absolute atomic E-state index is 0.0451. The Morgan fingerprint density at radius 2 is 1.50 bits per heavy atom. The molecule has 0 unspecified atom stereocenters. The summed E-state index contributed by atoms with van der Waals surface area (Å²) in [7, 11) is 1.75. The van der Waals surface area contributed by atoms with Crippen LogP contribution in [0.3, 0.4) is 0 Å². The molecule has 16 nitrogen and oxygen atoms in total. The number of aryl methyl sites for hydroxylation is 1. The van der Waals surface area contributed by atoms with Gasteiger partial charge in [0.1, 0.15) is 6.04 Å². The number of carbonyl (C=O) groups is 5. The fraction of sp³-hybridized carbons (Fsp3) is 0.366. The highest BCUT2D eigenvalue weighted by Crippen LogP contribution is 2.35. The molecular formula is C41H42F3N7O9. The molecular weight excluding hydrogens is 791 g/mol. The van der Waals surface area contributed by atoms with E-state index >= 15 is 0 Å². The molecule has 60 heavy (non-hydrogen) atoms. The number of anilines is 1. The van der Waals surface area contributed by atoms with Gasteiger partial charge in [0.05, 0.1) is 75.1 Å². The van der Waals surface area contributed by atoms with E-state index in [1.54, 1.807) is 52.8 Å². The molecule has 1 atom stereocenters. The van der Waals surface area contributed by atoms with Crippen molar-refractivity contribution in [3.05, 3.63) is 89.1 Å². The minimum Gasteiger partial charge on any atom is -0.382 e. The molecule has 5 amide bonds. The van der Waals surface area contributed by atoms with E-state index in [-0.39, 0.29) is 43.0 Å². The number of ether oxygens (including phenoxy) is 4. The molecule has 3 aromatic carbocycles. The number of benzene rings is 3. The lowest BCUT2D eigenvalue weighted by atomic mass is 10.0. The number of aromatic nitrogens is 3. The number of halogens is 3. The van der Waals surface area contributed by atoms with E-state index in [2.05, 4.69) is 21.0 Å². The minimum atomic E-state index is -4.45. The van der Waals surface area contributed by atoms with Gasteiger partial charge in [-0.15, -0.1) is 0 Å². The van der Waals surface area contributed by atoms with Crippen LogP contribution in [0, 0.1) is 0 Å². The number of hydrogen-bond donors (Lipinski definition) is 3. The zero-order valence-electron chi connectivity index (χ0n) is 32.5. The van der Waals surface area contributed by atoms with Crippen LogP contribution in [-0.4, -0.2) is 121 Å². The summed E-state index contributed by atoms with van der Waals surface area (Å²) in [6, 6.07) is 13.8. The largest absolute Gasteiger partial charge is 0.416 e. The predicted octanol–water partition coefficient (Wildman–Crippen LogP) is 3.85. The van der Waals surface area contributed by atoms with E-state index in [9.17, 15) is 37.1 Å². The molecule has 1 saturated heterocycles. The topological polar surface area (TPSA) is 184 Å². The molecule has 316 valence electrons. The Morgan fingerprint density at radius 3 is 2.17 bits per heavy atom. The summed E-state index contributed by atoms with van der Waals surface area (Å²) in [6.07, 6.45) is -2.52. The summed E-state index contributed by atoms with van der Waals surface area (Å²) in [6.45, 7) is 3.16. The summed E-state index contributed by atoms with van der Waals surface area (Å²) in [5.74, 6) is -2.56. The molecule has 3 N–H and O–H groups in total. The highest BCUT2D eigenvalue weighted by molar-refractivity contribution is 6.25. The van der Waals surface area contributed by atoms with Crippen LogP contribution in [0.2, 0.25) is 0 Å². The first kappa shape index (κ1) is 42.0. The smallest absolute Gasteiger partial charge is 0.382 e. The third-order valence-electron chi connectivity index (χ3n) is 9.94. The van der Waals surface area contributed by atoms with Crippen LogP contribution in [0.5, 0.6) is 0 Å². The van der Waals surface area contributed by atoms with Crippen molar-refractivity contribution in [2.24, 2.45) is 7.05 Å². The highest BCUT2D eigenvalue weighted by atomic mass is 19.4. The van der Waals surface area contributed by atoms with Gasteiger partial charge in [-0.2, -0.15) is 18.3 Å². The van der Waals surface area contributed by atoms with Gasteiger partial charge in [-0.05, 0) is 61.0 Å². The van der Waals surface area contributed by atoms with Gasteiger partial charge < -0.3 is 29.6 Å². The average Bonchev–Trinajstić information content (AvgIpc) is 3.83. The summed E-state index contributed by atoms with van der Waals surface area (Å²) < 4.78 is 65.1. The number of fused-ring (bicyclic) bond motifs is 4. The number of amides is 5. The molecule has 0 radical (unpaired) electrons. The number of nitrogens with one attached hydrogen (secondary N) is 3. The highest BCUT2D eigenvalue weighted by Gasteiger charge is 2.45. The van der Waals surface area contributed by atoms with Crippen LogP contribution < -0.4 is 16.0 Å². The maximum Gasteiger partial charge on any atom is 0.416 e. The molecule has 0 saturated carbocycles. The van der Waals surface area contributed by atoms with Crippen LogP contribution in [0.1, 0.15) is 49.5 Å². The normalized spacial score (nSPS) is 15.6. The van der Waals surface area contributed by atoms with E-state index in [1.807, 2.05) is 0 Å². The first-order valence-corrected chi connectivity index (χ1v) is 19.3. The number of carbonyl (C=O) groups excluding carboxylic acids is 5. The lowest BCUT2D eigenvalue weighted by molar-refractivity contribution is -0.138. The van der Waals surface area contributed by atoms with Crippen LogP contribution in [-0.2, 0) is 41.8 Å². The summed E-state index contributed by atoms with van der Waals surface area (Å²) in [5.41, 5.74) is 2.26. The van der Waals surface area contributed by atoms with Crippen LogP contribution in [0.15, 0.2) is 66.9 Å². The maximum absolute atomic E-state index is 13.2. The van der Waals surface area contributed by atoms with E-state index < -0.39 is 41.4 Å². The van der Waals surface area contributed by atoms with Gasteiger partial charge >= 0.3 is 6.18 Å². The van der Waals surface area contributed by atoms with Gasteiger partial charge in [-0.25, -0.2) is 0 Å². The molecule has 0 bridgehead atoms. The maximum atomic E-state index is 13.2. The molecule has 5 aromatic rings. The lowest BCUT2D eigenvalue weighted by Crippen LogP contribution is -2.54. The van der Waals surface area contributed by atoms with Gasteiger partial charge in [0.25, 0.3) is 17.7 Å². The second-order valence-corrected chi connectivity index (χ2v) is 14.0. The predicted molar refractivity (Wildman–Crippen MR) is 210 cm³/mol. The van der Waals surface area contributed by atoms with E-state index in [1.165, 1.54) is 18.2 Å². The lowest BCUT2D eigenvalue weighted by Gasteiger charge is -2.27. The molecule has 2 aliphatic rings. The number of alkyl halides is 3. The van der Waals surface area contributed by atoms with Crippen LogP contribution in [0.25, 0.3) is 27.6 Å². The van der Waals surface area contributed by atoms with Crippen molar-refractivity contribution < 1.29 is 56.1 Å². The molecule has 19 heteroatoms. The Morgan fingerprint density at radius 1 is 0.833 bits per heavy atom. The molecule has 0 spiro atoms. The first-order valence-electron chi connectivity index (χ1n) is 19.3. The quantitative estimate of drug-likeness (QED) is 0.0812. The fourth-order valence-corrected chi connectivity index (χ4v) is 7.12. The van der Waals surface area contributed by atoms with E-state index in [0.717, 1.165) is 27.8 Å². The van der Waals surface area contributed by atoms with Gasteiger partial charge in [0.2, 0.25) is 11.8 Å². The van der Waals surface area contributed by atoms with Crippen LogP contribution >= 0.6 is 0 Å². The Bertz CT molecular complexity index is 2410. The van der Waals surface area contributed by atoms with E-state index in [4.69, 9.17) is 18.9 Å². The zero-order chi connectivity index (χ0) is 42.4. The van der Waals surface area contributed by atoms with Crippen molar-refractivity contribution in [2.75, 3.05) is 71.3 Å². The molecule has 1 fully saturated rings. The van der Waals surface area contributed by atoms with Crippen molar-refractivity contribution >= 4 is 57.2 Å². The third kappa shape index (κ3) is 9.18. The average molecular weight is 834 g/mol. The Kier molecular flexibility index (Phi) is 12.9. The van der Waals surface area contributed by atoms with Gasteiger partial charge in [0, 0.05) is 60.5 Å². The molecule has 0 aliphatic carbocycles. The number of rotatable bonds is 19. The first-order chi connectivity index (χ1) is 28.9. The van der Waals surface area contributed by atoms with Gasteiger partial charge in [0.15, 0.2) is 5.65 Å². The van der Waals surface area contributed by atoms with Gasteiger partial charge in [-0.3, -0.25) is 43.4 Å². The van der Waals surface area contributed by atoms with Crippen LogP contribution in [0.4, 0.5) is 18.9 Å². The molecule has 2 aliphatic heterocycles. The molecule has 2 aromatic heterocycles. The standard InChI is InChI=1S/C41H42F3N7O9/c1-49-24-30-29-23-25(5-10-32(29)50(36(30)48-49)27-8-6-26(7-9-27)41(42,43)44)37(53)46-14-16-58-18-20-60-22-21-59-19-17-57-15-13-45-31-4-2-3-28-35(31)40(56)51(39(28)55)33-11-12-34(52)47-38(33)54/h2-10,23-24,33,45H,11-22H2,1H3,(H,46,53)(H,47,52,54)/t33-/m1/s1. The number of imide groups is 2. The van der Waals surface area contributed by atoms with Crippen molar-refractivity contribution in [3.8, 4) is 5.69 Å². The third-order valence-corrected chi connectivity index (χ3v) is 9.94. The fourth-order valence-electron chi connectivity index (χ4n) is 7.12. The number of nitrogens with zero attached hydrogens (tertiary/aromatic N) is 4. The summed E-state index contributed by atoms with van der Waals surface area (Å²) >= 11 is 0. The Balaban J connectivity index is 0.741. The molecule has 7 rings (SSSR count). The summed E-state index contributed by atoms with van der Waals surface area (Å²) in [4.78, 5) is 63.9. The van der Waals surface area contributed by atoms with Gasteiger partial charge in [-0.1, -0.05) is 6.07 Å². The Hall–Kier alpha value is -6.15. The van der Waals surface area contributed by atoms with Crippen molar-refractivity contribution in [2.45, 2.75) is 25.1 Å². The Labute approximate surface area is 340 Å². The second-order valence-electron chi connectivity index (χ2n) is 14.0. The van der Waals surface area contributed by atoms with E-state index in [0.29, 0.717) is 80.9 Å². The monoisotopic (exact) mass is 833 g/mol. The summed E-state index contributed by atoms with van der Waals surface area (Å²) in [5, 5.41) is 14.1. The second kappa shape index (κ2) is 18.4. The number of piperidine rings is 1. The SMILES string of the molecule is Cn1cc2c3cc(C(=O)NCCOCCOCCOCCOCCNc4cccc5c4C(=O)N([C@@H]4CCC(=O)NC4=O)C5=O)ccc3n(-c3ccc(C(F)(F)F)cc3)c2n1. The molecule has 4 heterocycles. The van der Waals surface area contributed by atoms with Crippen molar-refractivity contribution in [3.63, 3.8) is 0 Å².